The lowest BCUT2D eigenvalue weighted by molar-refractivity contribution is -0.123. The molecule has 1 N–H and O–H groups in total. The van der Waals surface area contributed by atoms with Crippen LogP contribution in [0.2, 0.25) is 0 Å². The highest BCUT2D eigenvalue weighted by Crippen LogP contribution is 2.20. The van der Waals surface area contributed by atoms with E-state index < -0.39 is 5.54 Å². The van der Waals surface area contributed by atoms with Crippen molar-refractivity contribution < 1.29 is 9.53 Å². The van der Waals surface area contributed by atoms with Crippen LogP contribution in [0.5, 0.6) is 5.75 Å². The highest BCUT2D eigenvalue weighted by atomic mass is 79.9. The van der Waals surface area contributed by atoms with Gasteiger partial charge in [0, 0.05) is 12.4 Å². The minimum atomic E-state index is -0.832. The molecule has 0 fully saturated rings. The predicted octanol–water partition coefficient (Wildman–Crippen LogP) is 3.27. The number of hydrogen-bond donors (Lipinski definition) is 1. The number of carbonyl (C=O) groups is 1. The molecule has 0 saturated heterocycles. The Morgan fingerprint density at radius 2 is 2.08 bits per heavy atom. The van der Waals surface area contributed by atoms with Crippen molar-refractivity contribution in [3.05, 3.63) is 59.1 Å². The van der Waals surface area contributed by atoms with E-state index in [-0.39, 0.29) is 5.91 Å². The Kier molecular flexibility index (Phi) is 5.13. The fraction of sp³-hybridized carbons (Fsp3) is 0.278. The van der Waals surface area contributed by atoms with E-state index in [0.717, 1.165) is 15.8 Å². The molecule has 0 radical (unpaired) electrons. The summed E-state index contributed by atoms with van der Waals surface area (Å²) in [6.07, 6.45) is 6.85. The zero-order chi connectivity index (χ0) is 18.7. The van der Waals surface area contributed by atoms with Gasteiger partial charge >= 0.3 is 0 Å². The fourth-order valence-electron chi connectivity index (χ4n) is 2.47. The second kappa shape index (κ2) is 7.33. The number of ether oxygens (including phenoxy) is 1. The Hall–Kier alpha value is -2.61. The minimum Gasteiger partial charge on any atom is -0.497 e. The van der Waals surface area contributed by atoms with Gasteiger partial charge in [0.15, 0.2) is 0 Å². The van der Waals surface area contributed by atoms with E-state index >= 15 is 0 Å². The molecule has 8 heteroatoms. The average Bonchev–Trinajstić information content (AvgIpc) is 3.24. The SMILES string of the molecule is COc1cccc(Cn2cc(NC(=O)C(C)(C)n3cc(Br)cn3)cn2)c1. The van der Waals surface area contributed by atoms with Gasteiger partial charge in [0.2, 0.25) is 0 Å². The molecule has 0 aliphatic rings. The van der Waals surface area contributed by atoms with Crippen LogP contribution < -0.4 is 10.1 Å². The smallest absolute Gasteiger partial charge is 0.251 e. The molecule has 0 spiro atoms. The molecule has 136 valence electrons. The maximum Gasteiger partial charge on any atom is 0.251 e. The van der Waals surface area contributed by atoms with Crippen molar-refractivity contribution in [3.63, 3.8) is 0 Å². The summed E-state index contributed by atoms with van der Waals surface area (Å²) in [5, 5.41) is 11.4. The molecule has 0 unspecified atom stereocenters. The number of aromatic nitrogens is 4. The van der Waals surface area contributed by atoms with Gasteiger partial charge in [0.05, 0.1) is 36.2 Å². The maximum absolute atomic E-state index is 12.7. The van der Waals surface area contributed by atoms with Crippen LogP contribution in [-0.2, 0) is 16.9 Å². The molecule has 3 rings (SSSR count). The Morgan fingerprint density at radius 3 is 2.77 bits per heavy atom. The molecule has 0 saturated carbocycles. The number of carbonyl (C=O) groups excluding carboxylic acids is 1. The fourth-order valence-corrected chi connectivity index (χ4v) is 2.75. The monoisotopic (exact) mass is 417 g/mol. The number of amides is 1. The second-order valence-electron chi connectivity index (χ2n) is 6.39. The van der Waals surface area contributed by atoms with Crippen LogP contribution in [0.4, 0.5) is 5.69 Å². The Bertz CT molecular complexity index is 916. The van der Waals surface area contributed by atoms with E-state index in [1.807, 2.05) is 38.1 Å². The van der Waals surface area contributed by atoms with Gasteiger partial charge in [0.1, 0.15) is 11.3 Å². The topological polar surface area (TPSA) is 74.0 Å². The van der Waals surface area contributed by atoms with Crippen molar-refractivity contribution in [3.8, 4) is 5.75 Å². The number of benzene rings is 1. The lowest BCUT2D eigenvalue weighted by atomic mass is 10.1. The number of nitrogens with one attached hydrogen (secondary N) is 1. The van der Waals surface area contributed by atoms with Crippen LogP contribution >= 0.6 is 15.9 Å². The van der Waals surface area contributed by atoms with Crippen molar-refractivity contribution in [2.24, 2.45) is 0 Å². The zero-order valence-corrected chi connectivity index (χ0v) is 16.4. The van der Waals surface area contributed by atoms with E-state index in [1.54, 1.807) is 41.3 Å². The van der Waals surface area contributed by atoms with Crippen molar-refractivity contribution in [2.75, 3.05) is 12.4 Å². The quantitative estimate of drug-likeness (QED) is 0.667. The summed E-state index contributed by atoms with van der Waals surface area (Å²) < 4.78 is 9.44. The van der Waals surface area contributed by atoms with Crippen LogP contribution in [0.15, 0.2) is 53.5 Å². The molecule has 3 aromatic rings. The number of rotatable bonds is 6. The standard InChI is InChI=1S/C18H20BrN5O2/c1-18(2,24-11-14(19)8-21-24)17(25)22-15-9-20-23(12-15)10-13-5-4-6-16(7-13)26-3/h4-9,11-12H,10H2,1-3H3,(H,22,25). The Labute approximate surface area is 160 Å². The number of anilines is 1. The first-order chi connectivity index (χ1) is 12.4. The Morgan fingerprint density at radius 1 is 1.27 bits per heavy atom. The summed E-state index contributed by atoms with van der Waals surface area (Å²) >= 11 is 3.35. The minimum absolute atomic E-state index is 0.172. The zero-order valence-electron chi connectivity index (χ0n) is 14.8. The lowest BCUT2D eigenvalue weighted by Gasteiger charge is -2.23. The van der Waals surface area contributed by atoms with E-state index in [4.69, 9.17) is 4.74 Å². The summed E-state index contributed by atoms with van der Waals surface area (Å²) in [4.78, 5) is 12.7. The van der Waals surface area contributed by atoms with E-state index in [1.165, 1.54) is 0 Å². The van der Waals surface area contributed by atoms with Gasteiger partial charge in [-0.2, -0.15) is 10.2 Å². The maximum atomic E-state index is 12.7. The van der Waals surface area contributed by atoms with Crippen LogP contribution in [0, 0.1) is 0 Å². The van der Waals surface area contributed by atoms with Gasteiger partial charge in [-0.3, -0.25) is 14.2 Å². The molecule has 26 heavy (non-hydrogen) atoms. The first kappa shape index (κ1) is 18.2. The predicted molar refractivity (Wildman–Crippen MR) is 102 cm³/mol. The number of nitrogens with zero attached hydrogens (tertiary/aromatic N) is 4. The summed E-state index contributed by atoms with van der Waals surface area (Å²) in [5.74, 6) is 0.629. The summed E-state index contributed by atoms with van der Waals surface area (Å²) in [6, 6.07) is 7.79. The Balaban J connectivity index is 1.68. The molecular weight excluding hydrogens is 398 g/mol. The normalized spacial score (nSPS) is 11.4. The van der Waals surface area contributed by atoms with Crippen LogP contribution in [-0.4, -0.2) is 32.6 Å². The van der Waals surface area contributed by atoms with Gasteiger partial charge < -0.3 is 10.1 Å². The molecule has 7 nitrogen and oxygen atoms in total. The summed E-state index contributed by atoms with van der Waals surface area (Å²) in [6.45, 7) is 4.20. The summed E-state index contributed by atoms with van der Waals surface area (Å²) in [7, 11) is 1.64. The number of methoxy groups -OCH3 is 1. The molecule has 2 heterocycles. The van der Waals surface area contributed by atoms with Gasteiger partial charge in [-0.1, -0.05) is 12.1 Å². The van der Waals surface area contributed by atoms with Crippen LogP contribution in [0.25, 0.3) is 0 Å². The lowest BCUT2D eigenvalue weighted by Crippen LogP contribution is -2.40. The third kappa shape index (κ3) is 3.96. The number of hydrogen-bond acceptors (Lipinski definition) is 4. The molecule has 1 aromatic carbocycles. The van der Waals surface area contributed by atoms with E-state index in [9.17, 15) is 4.79 Å². The van der Waals surface area contributed by atoms with Crippen molar-refractivity contribution in [1.82, 2.24) is 19.6 Å². The third-order valence-electron chi connectivity index (χ3n) is 4.05. The first-order valence-corrected chi connectivity index (χ1v) is 8.85. The molecule has 1 amide bonds. The molecule has 0 aliphatic carbocycles. The highest BCUT2D eigenvalue weighted by Gasteiger charge is 2.30. The third-order valence-corrected chi connectivity index (χ3v) is 4.46. The van der Waals surface area contributed by atoms with Gasteiger partial charge in [-0.15, -0.1) is 0 Å². The molecule has 0 bridgehead atoms. The number of halogens is 1. The van der Waals surface area contributed by atoms with Crippen molar-refractivity contribution in [2.45, 2.75) is 25.9 Å². The highest BCUT2D eigenvalue weighted by molar-refractivity contribution is 9.10. The average molecular weight is 418 g/mol. The first-order valence-electron chi connectivity index (χ1n) is 8.06. The van der Waals surface area contributed by atoms with Crippen molar-refractivity contribution in [1.29, 1.82) is 0 Å². The van der Waals surface area contributed by atoms with Crippen LogP contribution in [0.1, 0.15) is 19.4 Å². The van der Waals surface area contributed by atoms with Crippen LogP contribution in [0.3, 0.4) is 0 Å². The summed E-state index contributed by atoms with van der Waals surface area (Å²) in [5.41, 5.74) is 0.866. The molecule has 0 aliphatic heterocycles. The molecule has 0 atom stereocenters. The van der Waals surface area contributed by atoms with Crippen molar-refractivity contribution >= 4 is 27.5 Å². The van der Waals surface area contributed by atoms with Gasteiger partial charge in [-0.05, 0) is 47.5 Å². The largest absolute Gasteiger partial charge is 0.497 e. The second-order valence-corrected chi connectivity index (χ2v) is 7.31. The molecule has 2 aromatic heterocycles. The van der Waals surface area contributed by atoms with Gasteiger partial charge in [-0.25, -0.2) is 0 Å². The molecular formula is C18H20BrN5O2. The van der Waals surface area contributed by atoms with E-state index in [2.05, 4.69) is 31.4 Å². The van der Waals surface area contributed by atoms with E-state index in [0.29, 0.717) is 12.2 Å². The van der Waals surface area contributed by atoms with Gasteiger partial charge in [0.25, 0.3) is 5.91 Å².